The van der Waals surface area contributed by atoms with Gasteiger partial charge in [-0.25, -0.2) is 4.98 Å². The zero-order valence-corrected chi connectivity index (χ0v) is 11.4. The van der Waals surface area contributed by atoms with Gasteiger partial charge in [0.2, 0.25) is 5.91 Å². The lowest BCUT2D eigenvalue weighted by Crippen LogP contribution is -2.49. The number of thioether (sulfide) groups is 1. The normalized spacial score (nSPS) is 22.1. The average molecular weight is 271 g/mol. The molecule has 0 aromatic carbocycles. The van der Waals surface area contributed by atoms with Crippen LogP contribution in [0.1, 0.15) is 17.8 Å². The fraction of sp³-hybridized carbons (Fsp3) is 0.636. The third-order valence-corrected chi connectivity index (χ3v) is 4.76. The summed E-state index contributed by atoms with van der Waals surface area (Å²) in [5.74, 6) is 2.37. The highest BCUT2D eigenvalue weighted by Crippen LogP contribution is 2.16. The molecule has 6 heteroatoms. The van der Waals surface area contributed by atoms with Crippen molar-refractivity contribution in [2.24, 2.45) is 0 Å². The number of thiazole rings is 1. The van der Waals surface area contributed by atoms with Gasteiger partial charge in [-0.05, 0) is 0 Å². The number of hydrogen-bond donors (Lipinski definition) is 2. The third kappa shape index (κ3) is 3.69. The van der Waals surface area contributed by atoms with Gasteiger partial charge in [0.25, 0.3) is 0 Å². The van der Waals surface area contributed by atoms with Crippen LogP contribution in [-0.4, -0.2) is 41.5 Å². The van der Waals surface area contributed by atoms with E-state index < -0.39 is 0 Å². The Morgan fingerprint density at radius 1 is 1.76 bits per heavy atom. The van der Waals surface area contributed by atoms with E-state index in [-0.39, 0.29) is 17.9 Å². The number of rotatable bonds is 4. The van der Waals surface area contributed by atoms with Crippen LogP contribution in [0.25, 0.3) is 0 Å². The minimum absolute atomic E-state index is 0.0303. The Bertz CT molecular complexity index is 350. The topological polar surface area (TPSA) is 54.0 Å². The molecule has 0 aliphatic carbocycles. The van der Waals surface area contributed by atoms with E-state index in [4.69, 9.17) is 0 Å². The smallest absolute Gasteiger partial charge is 0.238 e. The molecule has 1 fully saturated rings. The Labute approximate surface area is 110 Å². The zero-order valence-electron chi connectivity index (χ0n) is 9.81. The number of aromatic nitrogens is 1. The van der Waals surface area contributed by atoms with E-state index in [2.05, 4.69) is 22.5 Å². The first-order chi connectivity index (χ1) is 8.27. The molecule has 1 aromatic rings. The molecular formula is C11H17N3OS2. The summed E-state index contributed by atoms with van der Waals surface area (Å²) in [7, 11) is 0. The van der Waals surface area contributed by atoms with Crippen molar-refractivity contribution in [2.75, 3.05) is 24.6 Å². The maximum absolute atomic E-state index is 11.9. The first-order valence-electron chi connectivity index (χ1n) is 5.75. The first-order valence-corrected chi connectivity index (χ1v) is 7.79. The maximum atomic E-state index is 11.9. The van der Waals surface area contributed by atoms with Crippen LogP contribution in [0.3, 0.4) is 0 Å². The van der Waals surface area contributed by atoms with Gasteiger partial charge in [-0.2, -0.15) is 11.8 Å². The molecule has 0 spiro atoms. The molecule has 2 unspecified atom stereocenters. The maximum Gasteiger partial charge on any atom is 0.238 e. The lowest BCUT2D eigenvalue weighted by molar-refractivity contribution is -0.122. The molecule has 4 nitrogen and oxygen atoms in total. The number of nitrogens with zero attached hydrogens (tertiary/aromatic N) is 1. The van der Waals surface area contributed by atoms with Crippen molar-refractivity contribution in [3.05, 3.63) is 16.6 Å². The van der Waals surface area contributed by atoms with Crippen LogP contribution < -0.4 is 10.6 Å². The van der Waals surface area contributed by atoms with E-state index in [0.29, 0.717) is 6.54 Å². The molecule has 94 valence electrons. The molecule has 0 radical (unpaired) electrons. The van der Waals surface area contributed by atoms with E-state index in [0.717, 1.165) is 23.1 Å². The summed E-state index contributed by atoms with van der Waals surface area (Å²) in [4.78, 5) is 16.1. The molecule has 2 N–H and O–H groups in total. The quantitative estimate of drug-likeness (QED) is 0.860. The van der Waals surface area contributed by atoms with E-state index in [9.17, 15) is 4.79 Å². The number of carbonyl (C=O) groups excluding carboxylic acids is 1. The third-order valence-electron chi connectivity index (χ3n) is 2.69. The zero-order chi connectivity index (χ0) is 12.1. The Balaban J connectivity index is 1.75. The monoisotopic (exact) mass is 271 g/mol. The highest BCUT2D eigenvalue weighted by atomic mass is 32.2. The largest absolute Gasteiger partial charge is 0.354 e. The van der Waals surface area contributed by atoms with Gasteiger partial charge in [-0.15, -0.1) is 11.3 Å². The second-order valence-corrected chi connectivity index (χ2v) is 6.17. The average Bonchev–Trinajstić information content (AvgIpc) is 2.90. The van der Waals surface area contributed by atoms with Gasteiger partial charge in [0.1, 0.15) is 0 Å². The highest BCUT2D eigenvalue weighted by molar-refractivity contribution is 7.99. The summed E-state index contributed by atoms with van der Waals surface area (Å²) in [6.07, 6.45) is 1.80. The van der Waals surface area contributed by atoms with Crippen LogP contribution in [0.4, 0.5) is 0 Å². The minimum atomic E-state index is -0.0303. The van der Waals surface area contributed by atoms with Crippen molar-refractivity contribution >= 4 is 29.0 Å². The van der Waals surface area contributed by atoms with Gasteiger partial charge >= 0.3 is 0 Å². The van der Waals surface area contributed by atoms with E-state index in [1.807, 2.05) is 17.1 Å². The van der Waals surface area contributed by atoms with Crippen LogP contribution >= 0.6 is 23.1 Å². The molecule has 1 aliphatic heterocycles. The SMILES string of the molecule is CC(CNC(=O)C1CSCCN1)c1nccs1. The van der Waals surface area contributed by atoms with Crippen molar-refractivity contribution in [3.63, 3.8) is 0 Å². The van der Waals surface area contributed by atoms with Crippen LogP contribution in [0.15, 0.2) is 11.6 Å². The molecule has 1 aromatic heterocycles. The first kappa shape index (κ1) is 12.9. The molecule has 2 heterocycles. The van der Waals surface area contributed by atoms with Crippen molar-refractivity contribution in [1.29, 1.82) is 0 Å². The van der Waals surface area contributed by atoms with Gasteiger partial charge in [-0.1, -0.05) is 6.92 Å². The minimum Gasteiger partial charge on any atom is -0.354 e. The summed E-state index contributed by atoms with van der Waals surface area (Å²) >= 11 is 3.47. The molecule has 1 aliphatic rings. The van der Waals surface area contributed by atoms with Gasteiger partial charge in [0.05, 0.1) is 11.0 Å². The van der Waals surface area contributed by atoms with Crippen molar-refractivity contribution in [3.8, 4) is 0 Å². The molecule has 1 saturated heterocycles. The summed E-state index contributed by atoms with van der Waals surface area (Å²) in [6, 6.07) is -0.0303. The Hall–Kier alpha value is -0.590. The summed E-state index contributed by atoms with van der Waals surface area (Å²) in [6.45, 7) is 3.67. The highest BCUT2D eigenvalue weighted by Gasteiger charge is 2.21. The van der Waals surface area contributed by atoms with Crippen LogP contribution in [0.2, 0.25) is 0 Å². The Kier molecular flexibility index (Phi) is 4.82. The van der Waals surface area contributed by atoms with Crippen molar-refractivity contribution in [2.45, 2.75) is 18.9 Å². The fourth-order valence-corrected chi connectivity index (χ4v) is 3.31. The second kappa shape index (κ2) is 6.37. The second-order valence-electron chi connectivity index (χ2n) is 4.10. The summed E-state index contributed by atoms with van der Waals surface area (Å²) < 4.78 is 0. The van der Waals surface area contributed by atoms with Gasteiger partial charge < -0.3 is 10.6 Å². The van der Waals surface area contributed by atoms with Gasteiger partial charge in [0, 0.05) is 42.1 Å². The molecule has 0 bridgehead atoms. The molecular weight excluding hydrogens is 254 g/mol. The molecule has 2 rings (SSSR count). The number of hydrogen-bond acceptors (Lipinski definition) is 5. The predicted molar refractivity (Wildman–Crippen MR) is 72.7 cm³/mol. The van der Waals surface area contributed by atoms with E-state index in [1.165, 1.54) is 0 Å². The number of amides is 1. The van der Waals surface area contributed by atoms with Gasteiger partial charge in [0.15, 0.2) is 0 Å². The Morgan fingerprint density at radius 2 is 2.65 bits per heavy atom. The van der Waals surface area contributed by atoms with Crippen LogP contribution in [-0.2, 0) is 4.79 Å². The Morgan fingerprint density at radius 3 is 3.29 bits per heavy atom. The van der Waals surface area contributed by atoms with Crippen molar-refractivity contribution < 1.29 is 4.79 Å². The van der Waals surface area contributed by atoms with E-state index in [1.54, 1.807) is 17.5 Å². The van der Waals surface area contributed by atoms with Crippen molar-refractivity contribution in [1.82, 2.24) is 15.6 Å². The summed E-state index contributed by atoms with van der Waals surface area (Å²) in [5, 5.41) is 9.27. The molecule has 2 atom stereocenters. The lowest BCUT2D eigenvalue weighted by atomic mass is 10.2. The number of nitrogens with one attached hydrogen (secondary N) is 2. The standard InChI is InChI=1S/C11H17N3OS2/c1-8(11-13-3-5-17-11)6-14-10(15)9-7-16-4-2-12-9/h3,5,8-9,12H,2,4,6-7H2,1H3,(H,14,15). The lowest BCUT2D eigenvalue weighted by Gasteiger charge is -2.22. The number of carbonyl (C=O) groups is 1. The fourth-order valence-electron chi connectivity index (χ4n) is 1.68. The molecule has 0 saturated carbocycles. The predicted octanol–water partition coefficient (Wildman–Crippen LogP) is 1.07. The molecule has 1 amide bonds. The van der Waals surface area contributed by atoms with Crippen LogP contribution in [0.5, 0.6) is 0 Å². The molecule has 17 heavy (non-hydrogen) atoms. The van der Waals surface area contributed by atoms with Crippen LogP contribution in [0, 0.1) is 0 Å². The summed E-state index contributed by atoms with van der Waals surface area (Å²) in [5.41, 5.74) is 0. The van der Waals surface area contributed by atoms with Gasteiger partial charge in [-0.3, -0.25) is 4.79 Å². The van der Waals surface area contributed by atoms with E-state index >= 15 is 0 Å².